The average Bonchev–Trinajstić information content (AvgIpc) is 3.14. The number of hydrogen-bond donors (Lipinski definition) is 1. The van der Waals surface area contributed by atoms with Crippen LogP contribution >= 0.6 is 0 Å². The quantitative estimate of drug-likeness (QED) is 0.393. The molecular weight excluding hydrogens is 436 g/mol. The molecule has 1 heterocycles. The molecule has 0 aliphatic carbocycles. The zero-order chi connectivity index (χ0) is 24.2. The molecular formula is C30H24N2O3. The van der Waals surface area contributed by atoms with Gasteiger partial charge in [0.15, 0.2) is 0 Å². The highest BCUT2D eigenvalue weighted by molar-refractivity contribution is 6.22. The number of amides is 3. The summed E-state index contributed by atoms with van der Waals surface area (Å²) >= 11 is 0. The van der Waals surface area contributed by atoms with E-state index in [0.29, 0.717) is 17.5 Å². The molecule has 35 heavy (non-hydrogen) atoms. The van der Waals surface area contributed by atoms with Gasteiger partial charge in [-0.1, -0.05) is 97.1 Å². The van der Waals surface area contributed by atoms with E-state index in [1.54, 1.807) is 24.3 Å². The van der Waals surface area contributed by atoms with E-state index in [4.69, 9.17) is 0 Å². The van der Waals surface area contributed by atoms with Crippen molar-refractivity contribution in [2.75, 3.05) is 6.54 Å². The average molecular weight is 461 g/mol. The van der Waals surface area contributed by atoms with Crippen LogP contribution in [0.4, 0.5) is 0 Å². The minimum atomic E-state index is -0.437. The fourth-order valence-corrected chi connectivity index (χ4v) is 4.41. The van der Waals surface area contributed by atoms with Crippen molar-refractivity contribution in [2.45, 2.75) is 12.5 Å². The fraction of sp³-hybridized carbons (Fsp3) is 0.100. The number of carbonyl (C=O) groups is 3. The van der Waals surface area contributed by atoms with E-state index < -0.39 is 11.8 Å². The summed E-state index contributed by atoms with van der Waals surface area (Å²) in [7, 11) is 0. The number of rotatable bonds is 7. The summed E-state index contributed by atoms with van der Waals surface area (Å²) in [6, 6.07) is 34.4. The summed E-state index contributed by atoms with van der Waals surface area (Å²) in [5.41, 5.74) is 4.90. The van der Waals surface area contributed by atoms with Crippen molar-refractivity contribution in [2.24, 2.45) is 0 Å². The molecule has 0 spiro atoms. The number of hydrogen-bond acceptors (Lipinski definition) is 3. The predicted octanol–water partition coefficient (Wildman–Crippen LogP) is 5.05. The van der Waals surface area contributed by atoms with E-state index >= 15 is 0 Å². The molecule has 172 valence electrons. The van der Waals surface area contributed by atoms with Crippen LogP contribution in [-0.4, -0.2) is 29.2 Å². The van der Waals surface area contributed by atoms with Gasteiger partial charge in [0.25, 0.3) is 11.8 Å². The van der Waals surface area contributed by atoms with Crippen LogP contribution in [0.1, 0.15) is 37.9 Å². The van der Waals surface area contributed by atoms with Gasteiger partial charge in [-0.2, -0.15) is 0 Å². The van der Waals surface area contributed by atoms with E-state index in [-0.39, 0.29) is 18.5 Å². The monoisotopic (exact) mass is 460 g/mol. The maximum absolute atomic E-state index is 13.0. The van der Waals surface area contributed by atoms with E-state index in [1.807, 2.05) is 72.8 Å². The minimum Gasteiger partial charge on any atom is -0.347 e. The predicted molar refractivity (Wildman–Crippen MR) is 135 cm³/mol. The van der Waals surface area contributed by atoms with Gasteiger partial charge in [-0.15, -0.1) is 0 Å². The molecule has 0 bridgehead atoms. The molecule has 0 saturated carbocycles. The summed E-state index contributed by atoms with van der Waals surface area (Å²) in [6.07, 6.45) is 0.583. The van der Waals surface area contributed by atoms with Gasteiger partial charge in [0, 0.05) is 0 Å². The number of benzene rings is 4. The molecule has 3 amide bonds. The minimum absolute atomic E-state index is 0.315. The Morgan fingerprint density at radius 2 is 1.17 bits per heavy atom. The highest BCUT2D eigenvalue weighted by atomic mass is 16.2. The highest BCUT2D eigenvalue weighted by Gasteiger charge is 2.36. The van der Waals surface area contributed by atoms with Crippen molar-refractivity contribution in [3.05, 3.63) is 131 Å². The summed E-state index contributed by atoms with van der Waals surface area (Å²) in [4.78, 5) is 39.4. The van der Waals surface area contributed by atoms with Gasteiger partial charge in [0.2, 0.25) is 5.91 Å². The Bertz CT molecular complexity index is 1330. The Labute approximate surface area is 204 Å². The second kappa shape index (κ2) is 9.77. The SMILES string of the molecule is O=C(CN1C(=O)c2ccccc2C1=O)N[C@@H](Cc1ccccc1)c1ccc(-c2ccccc2)cc1. The van der Waals surface area contributed by atoms with Gasteiger partial charge >= 0.3 is 0 Å². The number of nitrogens with one attached hydrogen (secondary N) is 1. The van der Waals surface area contributed by atoms with E-state index in [2.05, 4.69) is 17.4 Å². The molecule has 0 fully saturated rings. The molecule has 0 radical (unpaired) electrons. The third kappa shape index (κ3) is 4.75. The molecule has 1 atom stereocenters. The Balaban J connectivity index is 1.35. The lowest BCUT2D eigenvalue weighted by Crippen LogP contribution is -2.42. The van der Waals surface area contributed by atoms with Crippen molar-refractivity contribution >= 4 is 17.7 Å². The standard InChI is InChI=1S/C30H24N2O3/c33-28(20-32-29(34)25-13-7-8-14-26(25)30(32)35)31-27(19-21-9-3-1-4-10-21)24-17-15-23(16-18-24)22-11-5-2-6-12-22/h1-18,27H,19-20H2,(H,31,33)/t27-/m0/s1. The molecule has 0 unspecified atom stereocenters. The summed E-state index contributed by atoms with van der Waals surface area (Å²) in [5.74, 6) is -1.26. The Morgan fingerprint density at radius 3 is 1.77 bits per heavy atom. The summed E-state index contributed by atoms with van der Waals surface area (Å²) in [5, 5.41) is 3.05. The number of nitrogens with zero attached hydrogens (tertiary/aromatic N) is 1. The second-order valence-corrected chi connectivity index (χ2v) is 8.54. The normalized spacial score (nSPS) is 13.4. The van der Waals surface area contributed by atoms with Crippen molar-refractivity contribution < 1.29 is 14.4 Å². The van der Waals surface area contributed by atoms with Crippen molar-refractivity contribution in [3.63, 3.8) is 0 Å². The highest BCUT2D eigenvalue weighted by Crippen LogP contribution is 2.25. The first-order valence-corrected chi connectivity index (χ1v) is 11.5. The molecule has 1 N–H and O–H groups in total. The first-order chi connectivity index (χ1) is 17.1. The molecule has 0 saturated heterocycles. The first-order valence-electron chi connectivity index (χ1n) is 11.5. The van der Waals surface area contributed by atoms with Crippen LogP contribution in [-0.2, 0) is 11.2 Å². The molecule has 5 nitrogen and oxygen atoms in total. The Hall–Kier alpha value is -4.51. The molecule has 5 rings (SSSR count). The maximum atomic E-state index is 13.0. The topological polar surface area (TPSA) is 66.5 Å². The van der Waals surface area contributed by atoms with Crippen LogP contribution in [0.2, 0.25) is 0 Å². The van der Waals surface area contributed by atoms with Gasteiger partial charge in [0.05, 0.1) is 17.2 Å². The van der Waals surface area contributed by atoms with Crippen LogP contribution in [0.25, 0.3) is 11.1 Å². The fourth-order valence-electron chi connectivity index (χ4n) is 4.41. The molecule has 4 aromatic carbocycles. The maximum Gasteiger partial charge on any atom is 0.262 e. The molecule has 4 aromatic rings. The largest absolute Gasteiger partial charge is 0.347 e. The third-order valence-electron chi connectivity index (χ3n) is 6.22. The molecule has 1 aliphatic rings. The molecule has 0 aromatic heterocycles. The Kier molecular flexibility index (Phi) is 6.22. The summed E-state index contributed by atoms with van der Waals surface area (Å²) in [6.45, 7) is -0.320. The van der Waals surface area contributed by atoms with Gasteiger partial charge in [-0.25, -0.2) is 0 Å². The van der Waals surface area contributed by atoms with E-state index in [1.165, 1.54) is 0 Å². The zero-order valence-corrected chi connectivity index (χ0v) is 19.1. The van der Waals surface area contributed by atoms with Gasteiger partial charge in [0.1, 0.15) is 6.54 Å². The number of carbonyl (C=O) groups excluding carboxylic acids is 3. The third-order valence-corrected chi connectivity index (χ3v) is 6.22. The van der Waals surface area contributed by atoms with Gasteiger partial charge in [-0.3, -0.25) is 19.3 Å². The van der Waals surface area contributed by atoms with Gasteiger partial charge in [-0.05, 0) is 40.8 Å². The lowest BCUT2D eigenvalue weighted by molar-refractivity contribution is -0.122. The second-order valence-electron chi connectivity index (χ2n) is 8.54. The van der Waals surface area contributed by atoms with Crippen LogP contribution < -0.4 is 5.32 Å². The zero-order valence-electron chi connectivity index (χ0n) is 19.1. The van der Waals surface area contributed by atoms with Crippen molar-refractivity contribution in [1.29, 1.82) is 0 Å². The smallest absolute Gasteiger partial charge is 0.262 e. The van der Waals surface area contributed by atoms with Crippen LogP contribution in [0.5, 0.6) is 0 Å². The van der Waals surface area contributed by atoms with Crippen molar-refractivity contribution in [3.8, 4) is 11.1 Å². The molecule has 5 heteroatoms. The van der Waals surface area contributed by atoms with Crippen LogP contribution in [0.15, 0.2) is 109 Å². The van der Waals surface area contributed by atoms with Gasteiger partial charge < -0.3 is 5.32 Å². The van der Waals surface area contributed by atoms with E-state index in [9.17, 15) is 14.4 Å². The molecule has 1 aliphatic heterocycles. The number of fused-ring (bicyclic) bond motifs is 1. The lowest BCUT2D eigenvalue weighted by Gasteiger charge is -2.22. The Morgan fingerprint density at radius 1 is 0.657 bits per heavy atom. The van der Waals surface area contributed by atoms with E-state index in [0.717, 1.165) is 27.2 Å². The number of imide groups is 1. The lowest BCUT2D eigenvalue weighted by atomic mass is 9.96. The van der Waals surface area contributed by atoms with Crippen molar-refractivity contribution in [1.82, 2.24) is 10.2 Å². The van der Waals surface area contributed by atoms with Crippen LogP contribution in [0.3, 0.4) is 0 Å². The van der Waals surface area contributed by atoms with Crippen LogP contribution in [0, 0.1) is 0 Å². The summed E-state index contributed by atoms with van der Waals surface area (Å²) < 4.78 is 0. The first kappa shape index (κ1) is 22.3.